The van der Waals surface area contributed by atoms with Crippen LogP contribution in [-0.4, -0.2) is 50.0 Å². The quantitative estimate of drug-likeness (QED) is 0.292. The summed E-state index contributed by atoms with van der Waals surface area (Å²) in [5, 5.41) is 3.15. The first-order chi connectivity index (χ1) is 16.0. The molecule has 12 heteroatoms. The van der Waals surface area contributed by atoms with E-state index in [1.807, 2.05) is 37.3 Å². The van der Waals surface area contributed by atoms with Crippen LogP contribution in [-0.2, 0) is 29.2 Å². The van der Waals surface area contributed by atoms with Gasteiger partial charge in [0.25, 0.3) is 11.5 Å². The highest BCUT2D eigenvalue weighted by Crippen LogP contribution is 2.09. The lowest BCUT2D eigenvalue weighted by Crippen LogP contribution is -2.50. The van der Waals surface area contributed by atoms with Crippen LogP contribution in [0.3, 0.4) is 0 Å². The van der Waals surface area contributed by atoms with E-state index >= 15 is 0 Å². The third kappa shape index (κ3) is 5.84. The predicted molar refractivity (Wildman–Crippen MR) is 128 cm³/mol. The Morgan fingerprint density at radius 2 is 1.91 bits per heavy atom. The van der Waals surface area contributed by atoms with Crippen molar-refractivity contribution in [2.75, 3.05) is 20.3 Å². The van der Waals surface area contributed by atoms with Gasteiger partial charge < -0.3 is 14.6 Å². The lowest BCUT2D eigenvalue weighted by Gasteiger charge is -2.14. The Morgan fingerprint density at radius 3 is 2.61 bits per heavy atom. The normalized spacial score (nSPS) is 10.8. The van der Waals surface area contributed by atoms with Crippen molar-refractivity contribution < 1.29 is 9.53 Å². The number of hydrazine groups is 1. The number of carbonyl (C=O) groups excluding carboxylic acids is 1. The maximum Gasteiger partial charge on any atom is 0.333 e. The lowest BCUT2D eigenvalue weighted by molar-refractivity contribution is -0.122. The van der Waals surface area contributed by atoms with Gasteiger partial charge in [-0.25, -0.2) is 14.3 Å². The highest BCUT2D eigenvalue weighted by atomic mass is 32.1. The van der Waals surface area contributed by atoms with E-state index in [0.717, 1.165) is 16.6 Å². The molecule has 0 radical (unpaired) electrons. The Bertz CT molecular complexity index is 1230. The number of thiocarbonyl (C=S) groups is 1. The Morgan fingerprint density at radius 1 is 1.15 bits per heavy atom. The molecule has 0 spiro atoms. The molecule has 0 bridgehead atoms. The van der Waals surface area contributed by atoms with Gasteiger partial charge in [0.15, 0.2) is 16.3 Å². The first-order valence-corrected chi connectivity index (χ1v) is 10.9. The number of nitrogens with zero attached hydrogens (tertiary/aromatic N) is 4. The van der Waals surface area contributed by atoms with Gasteiger partial charge in [0, 0.05) is 20.2 Å². The number of ether oxygens (including phenoxy) is 1. The SMILES string of the molecule is CCCNC(=S)NNC(=O)Cn1c(=O)c2c(ncn2CCOC)n(Cc2ccccc2)c1=O. The summed E-state index contributed by atoms with van der Waals surface area (Å²) in [4.78, 5) is 43.3. The summed E-state index contributed by atoms with van der Waals surface area (Å²) in [6.07, 6.45) is 2.36. The van der Waals surface area contributed by atoms with E-state index in [0.29, 0.717) is 19.7 Å². The Labute approximate surface area is 195 Å². The summed E-state index contributed by atoms with van der Waals surface area (Å²) in [7, 11) is 1.56. The molecule has 0 aliphatic carbocycles. The Kier molecular flexibility index (Phi) is 8.33. The lowest BCUT2D eigenvalue weighted by atomic mass is 10.2. The molecule has 11 nitrogen and oxygen atoms in total. The summed E-state index contributed by atoms with van der Waals surface area (Å²) in [6, 6.07) is 9.34. The smallest absolute Gasteiger partial charge is 0.333 e. The second kappa shape index (κ2) is 11.4. The minimum Gasteiger partial charge on any atom is -0.383 e. The zero-order valence-electron chi connectivity index (χ0n) is 18.5. The molecule has 2 aromatic heterocycles. The third-order valence-electron chi connectivity index (χ3n) is 4.86. The number of benzene rings is 1. The number of amides is 1. The van der Waals surface area contributed by atoms with Crippen LogP contribution in [0.15, 0.2) is 46.2 Å². The van der Waals surface area contributed by atoms with E-state index in [1.54, 1.807) is 11.7 Å². The number of hydrogen-bond acceptors (Lipinski definition) is 6. The van der Waals surface area contributed by atoms with Crippen LogP contribution in [0.25, 0.3) is 11.2 Å². The molecule has 176 valence electrons. The standard InChI is InChI=1S/C21H27N7O4S/c1-3-9-22-20(33)25-24-16(29)13-28-19(30)17-18(23-14-26(17)10-11-32-2)27(21(28)31)12-15-7-5-4-6-8-15/h4-8,14H,3,9-13H2,1-2H3,(H,24,29)(H2,22,25,33). The molecule has 0 unspecified atom stereocenters. The van der Waals surface area contributed by atoms with Crippen LogP contribution >= 0.6 is 12.2 Å². The maximum absolute atomic E-state index is 13.3. The minimum atomic E-state index is -0.629. The molecule has 0 atom stereocenters. The number of carbonyl (C=O) groups is 1. The van der Waals surface area contributed by atoms with Gasteiger partial charge in [0.2, 0.25) is 0 Å². The van der Waals surface area contributed by atoms with Crippen molar-refractivity contribution in [1.82, 2.24) is 34.9 Å². The second-order valence-corrected chi connectivity index (χ2v) is 7.69. The van der Waals surface area contributed by atoms with Crippen molar-refractivity contribution in [3.63, 3.8) is 0 Å². The number of nitrogens with one attached hydrogen (secondary N) is 3. The molecule has 3 N–H and O–H groups in total. The van der Waals surface area contributed by atoms with Gasteiger partial charge in [-0.1, -0.05) is 37.3 Å². The van der Waals surface area contributed by atoms with Crippen molar-refractivity contribution in [3.8, 4) is 0 Å². The Balaban J connectivity index is 1.97. The predicted octanol–water partition coefficient (Wildman–Crippen LogP) is -0.0403. The van der Waals surface area contributed by atoms with Gasteiger partial charge in [-0.3, -0.25) is 25.0 Å². The number of methoxy groups -OCH3 is 1. The van der Waals surface area contributed by atoms with E-state index in [9.17, 15) is 14.4 Å². The van der Waals surface area contributed by atoms with E-state index in [2.05, 4.69) is 21.2 Å². The van der Waals surface area contributed by atoms with Crippen molar-refractivity contribution in [1.29, 1.82) is 0 Å². The van der Waals surface area contributed by atoms with Gasteiger partial charge >= 0.3 is 5.69 Å². The van der Waals surface area contributed by atoms with Crippen LogP contribution in [0.1, 0.15) is 18.9 Å². The fourth-order valence-corrected chi connectivity index (χ4v) is 3.39. The van der Waals surface area contributed by atoms with Gasteiger partial charge in [-0.2, -0.15) is 0 Å². The first kappa shape index (κ1) is 24.1. The van der Waals surface area contributed by atoms with Crippen molar-refractivity contribution in [3.05, 3.63) is 63.1 Å². The van der Waals surface area contributed by atoms with E-state index in [4.69, 9.17) is 17.0 Å². The van der Waals surface area contributed by atoms with Gasteiger partial charge in [-0.05, 0) is 24.2 Å². The van der Waals surface area contributed by atoms with Crippen molar-refractivity contribution in [2.45, 2.75) is 33.0 Å². The number of fused-ring (bicyclic) bond motifs is 1. The molecule has 33 heavy (non-hydrogen) atoms. The number of hydrogen-bond donors (Lipinski definition) is 3. The maximum atomic E-state index is 13.3. The van der Waals surface area contributed by atoms with Crippen molar-refractivity contribution >= 4 is 34.4 Å². The molecule has 0 fully saturated rings. The van der Waals surface area contributed by atoms with E-state index < -0.39 is 23.7 Å². The number of aromatic nitrogens is 4. The number of rotatable bonds is 9. The highest BCUT2D eigenvalue weighted by molar-refractivity contribution is 7.80. The molecule has 0 aliphatic rings. The van der Waals surface area contributed by atoms with Gasteiger partial charge in [-0.15, -0.1) is 0 Å². The summed E-state index contributed by atoms with van der Waals surface area (Å²) >= 11 is 5.06. The van der Waals surface area contributed by atoms with Gasteiger partial charge in [0.05, 0.1) is 19.5 Å². The molecule has 2 heterocycles. The zero-order chi connectivity index (χ0) is 23.8. The molecule has 0 saturated heterocycles. The zero-order valence-corrected chi connectivity index (χ0v) is 19.4. The van der Waals surface area contributed by atoms with Crippen LogP contribution < -0.4 is 27.4 Å². The topological polar surface area (TPSA) is 124 Å². The molecule has 3 aromatic rings. The van der Waals surface area contributed by atoms with Crippen molar-refractivity contribution in [2.24, 2.45) is 0 Å². The summed E-state index contributed by atoms with van der Waals surface area (Å²) in [5.41, 5.74) is 5.08. The molecule has 0 saturated carbocycles. The average molecular weight is 474 g/mol. The summed E-state index contributed by atoms with van der Waals surface area (Å²) in [5.74, 6) is -0.594. The second-order valence-electron chi connectivity index (χ2n) is 7.28. The van der Waals surface area contributed by atoms with Crippen LogP contribution in [0.5, 0.6) is 0 Å². The fraction of sp³-hybridized carbons (Fsp3) is 0.381. The minimum absolute atomic E-state index is 0.197. The van der Waals surface area contributed by atoms with Crippen LogP contribution in [0.4, 0.5) is 0 Å². The molecular formula is C21H27N7O4S. The fourth-order valence-electron chi connectivity index (χ4n) is 3.24. The molecule has 0 aliphatic heterocycles. The number of imidazole rings is 1. The van der Waals surface area contributed by atoms with Crippen LogP contribution in [0.2, 0.25) is 0 Å². The first-order valence-electron chi connectivity index (χ1n) is 10.5. The summed E-state index contributed by atoms with van der Waals surface area (Å²) in [6.45, 7) is 3.07. The highest BCUT2D eigenvalue weighted by Gasteiger charge is 2.20. The molecule has 1 amide bonds. The summed E-state index contributed by atoms with van der Waals surface area (Å²) < 4.78 is 9.03. The largest absolute Gasteiger partial charge is 0.383 e. The third-order valence-corrected chi connectivity index (χ3v) is 5.10. The van der Waals surface area contributed by atoms with Crippen LogP contribution in [0, 0.1) is 0 Å². The molecule has 3 rings (SSSR count). The Hall–Kier alpha value is -3.51. The van der Waals surface area contributed by atoms with Gasteiger partial charge in [0.1, 0.15) is 6.54 Å². The molecule has 1 aromatic carbocycles. The average Bonchev–Trinajstić information content (AvgIpc) is 3.25. The monoisotopic (exact) mass is 473 g/mol. The van der Waals surface area contributed by atoms with E-state index in [-0.39, 0.29) is 22.8 Å². The molecular weight excluding hydrogens is 446 g/mol. The van der Waals surface area contributed by atoms with E-state index in [1.165, 1.54) is 10.9 Å².